The summed E-state index contributed by atoms with van der Waals surface area (Å²) in [6.07, 6.45) is 6.20. The van der Waals surface area contributed by atoms with Crippen molar-refractivity contribution in [1.82, 2.24) is 14.5 Å². The molecule has 5 aromatic carbocycles. The zero-order valence-electron chi connectivity index (χ0n) is 33.1. The van der Waals surface area contributed by atoms with Gasteiger partial charge in [0.25, 0.3) is 11.8 Å². The predicted octanol–water partition coefficient (Wildman–Crippen LogP) is 7.76. The van der Waals surface area contributed by atoms with E-state index >= 15 is 0 Å². The van der Waals surface area contributed by atoms with Crippen LogP contribution in [-0.2, 0) is 19.5 Å². The molecule has 13 heteroatoms. The SMILES string of the molecule is COc1ccc(CN(CCc2ccc(NC(=O)c3cc(OC)c(OC)cc3NC(=O)c3cc(=O)c4ccccc4o3)cc2)Cc2cccc(-n3ccnc3)c2)cc1OC. The molecule has 0 atom stereocenters. The van der Waals surface area contributed by atoms with Gasteiger partial charge in [0.15, 0.2) is 34.2 Å². The molecular formula is C46H43N5O8. The van der Waals surface area contributed by atoms with Gasteiger partial charge in [-0.25, -0.2) is 4.98 Å². The third-order valence-corrected chi connectivity index (χ3v) is 9.78. The second-order valence-electron chi connectivity index (χ2n) is 13.6. The van der Waals surface area contributed by atoms with Crippen LogP contribution in [0.15, 0.2) is 137 Å². The average molecular weight is 794 g/mol. The average Bonchev–Trinajstić information content (AvgIpc) is 3.81. The molecule has 0 aliphatic heterocycles. The van der Waals surface area contributed by atoms with Gasteiger partial charge in [0.05, 0.1) is 51.4 Å². The molecule has 0 radical (unpaired) electrons. The van der Waals surface area contributed by atoms with Gasteiger partial charge in [-0.05, 0) is 77.7 Å². The van der Waals surface area contributed by atoms with Gasteiger partial charge in [0, 0.05) is 55.5 Å². The summed E-state index contributed by atoms with van der Waals surface area (Å²) in [5.41, 5.74) is 5.02. The molecule has 0 unspecified atom stereocenters. The molecule has 2 N–H and O–H groups in total. The van der Waals surface area contributed by atoms with Crippen molar-refractivity contribution in [2.45, 2.75) is 19.5 Å². The predicted molar refractivity (Wildman–Crippen MR) is 225 cm³/mol. The zero-order valence-corrected chi connectivity index (χ0v) is 33.1. The van der Waals surface area contributed by atoms with Gasteiger partial charge in [0.1, 0.15) is 5.58 Å². The van der Waals surface area contributed by atoms with Crippen molar-refractivity contribution >= 4 is 34.2 Å². The summed E-state index contributed by atoms with van der Waals surface area (Å²) in [6, 6.07) is 32.7. The highest BCUT2D eigenvalue weighted by atomic mass is 16.5. The van der Waals surface area contributed by atoms with Crippen LogP contribution in [0.25, 0.3) is 16.7 Å². The van der Waals surface area contributed by atoms with E-state index in [1.165, 1.54) is 26.4 Å². The maximum absolute atomic E-state index is 13.8. The first-order valence-corrected chi connectivity index (χ1v) is 18.8. The van der Waals surface area contributed by atoms with Crippen molar-refractivity contribution in [1.29, 1.82) is 0 Å². The highest BCUT2D eigenvalue weighted by Crippen LogP contribution is 2.34. The van der Waals surface area contributed by atoms with Crippen LogP contribution in [0, 0.1) is 0 Å². The molecule has 0 aliphatic rings. The van der Waals surface area contributed by atoms with Crippen molar-refractivity contribution in [3.05, 3.63) is 166 Å². The number of para-hydroxylation sites is 1. The molecule has 0 aliphatic carbocycles. The molecule has 0 saturated heterocycles. The topological polar surface area (TPSA) is 146 Å². The zero-order chi connectivity index (χ0) is 41.3. The fourth-order valence-electron chi connectivity index (χ4n) is 6.75. The normalized spacial score (nSPS) is 11.0. The number of hydrogen-bond donors (Lipinski definition) is 2. The molecule has 2 aromatic heterocycles. The second kappa shape index (κ2) is 18.3. The molecule has 0 bridgehead atoms. The van der Waals surface area contributed by atoms with Gasteiger partial charge >= 0.3 is 0 Å². The van der Waals surface area contributed by atoms with Crippen molar-refractivity contribution in [3.63, 3.8) is 0 Å². The molecule has 2 amide bonds. The molecular weight excluding hydrogens is 751 g/mol. The third-order valence-electron chi connectivity index (χ3n) is 9.78. The number of aromatic nitrogens is 2. The standard InChI is InChI=1S/C46H43N5O8/c1-55-40-17-14-32(23-41(40)56-2)28-50(27-31-8-7-9-34(22-31)51-21-19-47-29-51)20-18-30-12-15-33(16-13-30)48-45(53)36-24-42(57-3)43(58-4)25-37(36)49-46(54)44-26-38(52)35-10-5-6-11-39(35)59-44/h5-17,19,21-26,29H,18,20,27-28H2,1-4H3,(H,48,53)(H,49,54). The summed E-state index contributed by atoms with van der Waals surface area (Å²) in [5, 5.41) is 5.99. The molecule has 7 rings (SSSR count). The summed E-state index contributed by atoms with van der Waals surface area (Å²) >= 11 is 0. The van der Waals surface area contributed by atoms with Crippen molar-refractivity contribution in [3.8, 4) is 28.7 Å². The Balaban J connectivity index is 1.07. The number of fused-ring (bicyclic) bond motifs is 1. The Bertz CT molecular complexity index is 2640. The van der Waals surface area contributed by atoms with E-state index in [2.05, 4.69) is 44.8 Å². The molecule has 0 fully saturated rings. The number of hydrogen-bond acceptors (Lipinski definition) is 10. The first-order valence-electron chi connectivity index (χ1n) is 18.8. The van der Waals surface area contributed by atoms with Crippen molar-refractivity contribution in [2.24, 2.45) is 0 Å². The minimum absolute atomic E-state index is 0.103. The van der Waals surface area contributed by atoms with E-state index in [-0.39, 0.29) is 39.5 Å². The van der Waals surface area contributed by atoms with Gasteiger partial charge in [0.2, 0.25) is 0 Å². The number of benzene rings is 5. The van der Waals surface area contributed by atoms with E-state index in [0.717, 1.165) is 41.4 Å². The largest absolute Gasteiger partial charge is 0.493 e. The molecule has 59 heavy (non-hydrogen) atoms. The third kappa shape index (κ3) is 9.43. The lowest BCUT2D eigenvalue weighted by atomic mass is 10.1. The second-order valence-corrected chi connectivity index (χ2v) is 13.6. The van der Waals surface area contributed by atoms with E-state index < -0.39 is 11.8 Å². The molecule has 0 saturated carbocycles. The first kappa shape index (κ1) is 39.8. The number of carbonyl (C=O) groups is 2. The summed E-state index contributed by atoms with van der Waals surface area (Å²) in [6.45, 7) is 2.10. The smallest absolute Gasteiger partial charge is 0.291 e. The summed E-state index contributed by atoms with van der Waals surface area (Å²) in [7, 11) is 6.15. The van der Waals surface area contributed by atoms with Crippen molar-refractivity contribution < 1.29 is 33.0 Å². The molecule has 2 heterocycles. The highest BCUT2D eigenvalue weighted by Gasteiger charge is 2.21. The molecule has 300 valence electrons. The van der Waals surface area contributed by atoms with Gasteiger partial charge in [-0.1, -0.05) is 42.5 Å². The fourth-order valence-corrected chi connectivity index (χ4v) is 6.75. The number of rotatable bonds is 16. The summed E-state index contributed by atoms with van der Waals surface area (Å²) in [4.78, 5) is 46.5. The fraction of sp³-hybridized carbons (Fsp3) is 0.174. The first-order chi connectivity index (χ1) is 28.7. The minimum Gasteiger partial charge on any atom is -0.493 e. The van der Waals surface area contributed by atoms with Crippen molar-refractivity contribution in [2.75, 3.05) is 45.6 Å². The number of nitrogens with zero attached hydrogens (tertiary/aromatic N) is 3. The van der Waals surface area contributed by atoms with Crippen LogP contribution in [0.2, 0.25) is 0 Å². The van der Waals surface area contributed by atoms with Crippen LogP contribution in [0.4, 0.5) is 11.4 Å². The number of imidazole rings is 1. The maximum Gasteiger partial charge on any atom is 0.291 e. The van der Waals surface area contributed by atoms with Crippen LogP contribution < -0.4 is 35.0 Å². The number of amides is 2. The van der Waals surface area contributed by atoms with E-state index in [0.29, 0.717) is 35.7 Å². The minimum atomic E-state index is -0.718. The number of methoxy groups -OCH3 is 4. The number of nitrogens with one attached hydrogen (secondary N) is 2. The number of carbonyl (C=O) groups excluding carboxylic acids is 2. The van der Waals surface area contributed by atoms with Crippen LogP contribution in [0.5, 0.6) is 23.0 Å². The van der Waals surface area contributed by atoms with Gasteiger partial charge in [-0.15, -0.1) is 0 Å². The van der Waals surface area contributed by atoms with E-state index in [1.54, 1.807) is 51.0 Å². The Morgan fingerprint density at radius 2 is 1.39 bits per heavy atom. The number of anilines is 2. The quantitative estimate of drug-likeness (QED) is 0.0996. The molecule has 0 spiro atoms. The Morgan fingerprint density at radius 3 is 2.12 bits per heavy atom. The van der Waals surface area contributed by atoms with Gasteiger partial charge < -0.3 is 38.6 Å². The monoisotopic (exact) mass is 793 g/mol. The van der Waals surface area contributed by atoms with E-state index in [1.807, 2.05) is 53.2 Å². The molecule has 13 nitrogen and oxygen atoms in total. The van der Waals surface area contributed by atoms with Crippen LogP contribution in [0.3, 0.4) is 0 Å². The summed E-state index contributed by atoms with van der Waals surface area (Å²) < 4.78 is 29.7. The Morgan fingerprint density at radius 1 is 0.695 bits per heavy atom. The lowest BCUT2D eigenvalue weighted by molar-refractivity contribution is 0.0997. The lowest BCUT2D eigenvalue weighted by Crippen LogP contribution is -2.25. The maximum atomic E-state index is 13.8. The Kier molecular flexibility index (Phi) is 12.3. The molecule has 7 aromatic rings. The Hall–Kier alpha value is -7.38. The van der Waals surface area contributed by atoms with Crippen LogP contribution in [0.1, 0.15) is 37.6 Å². The van der Waals surface area contributed by atoms with Gasteiger partial charge in [-0.2, -0.15) is 0 Å². The summed E-state index contributed by atoms with van der Waals surface area (Å²) in [5.74, 6) is 0.480. The Labute approximate surface area is 340 Å². The van der Waals surface area contributed by atoms with E-state index in [9.17, 15) is 14.4 Å². The lowest BCUT2D eigenvalue weighted by Gasteiger charge is -2.24. The van der Waals surface area contributed by atoms with Crippen LogP contribution >= 0.6 is 0 Å². The van der Waals surface area contributed by atoms with E-state index in [4.69, 9.17) is 23.4 Å². The highest BCUT2D eigenvalue weighted by molar-refractivity contribution is 6.12. The van der Waals surface area contributed by atoms with Crippen LogP contribution in [-0.4, -0.2) is 61.2 Å². The number of ether oxygens (including phenoxy) is 4. The van der Waals surface area contributed by atoms with Gasteiger partial charge in [-0.3, -0.25) is 19.3 Å².